The summed E-state index contributed by atoms with van der Waals surface area (Å²) in [5, 5.41) is 0. The summed E-state index contributed by atoms with van der Waals surface area (Å²) in [6, 6.07) is 5.25. The maximum Gasteiger partial charge on any atom is 0.123 e. The molecule has 1 rings (SSSR count). The molecule has 2 heteroatoms. The molecule has 16 heavy (non-hydrogen) atoms. The Hall–Kier alpha value is -0.890. The number of halogens is 1. The Kier molecular flexibility index (Phi) is 4.94. The number of benzene rings is 1. The monoisotopic (exact) mass is 223 g/mol. The van der Waals surface area contributed by atoms with Crippen LogP contribution >= 0.6 is 0 Å². The number of hydrogen-bond acceptors (Lipinski definition) is 1. The Morgan fingerprint density at radius 2 is 2.00 bits per heavy atom. The van der Waals surface area contributed by atoms with E-state index in [1.165, 1.54) is 11.6 Å². The smallest absolute Gasteiger partial charge is 0.123 e. The van der Waals surface area contributed by atoms with E-state index in [4.69, 9.17) is 5.73 Å². The molecule has 0 spiro atoms. The summed E-state index contributed by atoms with van der Waals surface area (Å²) in [5.41, 5.74) is 8.25. The molecule has 0 saturated carbocycles. The molecule has 0 bridgehead atoms. The Bertz CT molecular complexity index is 334. The second-order valence-electron chi connectivity index (χ2n) is 4.87. The quantitative estimate of drug-likeness (QED) is 0.813. The van der Waals surface area contributed by atoms with Crippen LogP contribution in [-0.2, 0) is 6.42 Å². The van der Waals surface area contributed by atoms with Gasteiger partial charge in [0, 0.05) is 6.04 Å². The van der Waals surface area contributed by atoms with Crippen molar-refractivity contribution in [3.63, 3.8) is 0 Å². The summed E-state index contributed by atoms with van der Waals surface area (Å²) in [4.78, 5) is 0. The van der Waals surface area contributed by atoms with Crippen LogP contribution in [0.25, 0.3) is 0 Å². The van der Waals surface area contributed by atoms with Crippen molar-refractivity contribution >= 4 is 0 Å². The van der Waals surface area contributed by atoms with Gasteiger partial charge in [0.15, 0.2) is 0 Å². The Morgan fingerprint density at radius 3 is 2.62 bits per heavy atom. The topological polar surface area (TPSA) is 26.0 Å². The third kappa shape index (κ3) is 3.93. The molecule has 0 heterocycles. The highest BCUT2D eigenvalue weighted by atomic mass is 19.1. The fraction of sp³-hybridized carbons (Fsp3) is 0.571. The highest BCUT2D eigenvalue weighted by Gasteiger charge is 2.07. The minimum atomic E-state index is -0.145. The lowest BCUT2D eigenvalue weighted by Gasteiger charge is -2.15. The molecule has 2 N–H and O–H groups in total. The summed E-state index contributed by atoms with van der Waals surface area (Å²) in [5.74, 6) is 0.377. The van der Waals surface area contributed by atoms with Gasteiger partial charge in [-0.3, -0.25) is 0 Å². The van der Waals surface area contributed by atoms with Crippen LogP contribution in [0.3, 0.4) is 0 Å². The van der Waals surface area contributed by atoms with Crippen molar-refractivity contribution in [2.24, 2.45) is 11.7 Å². The predicted octanol–water partition coefficient (Wildman–Crippen LogP) is 3.44. The van der Waals surface area contributed by atoms with Crippen LogP contribution in [-0.4, -0.2) is 6.04 Å². The third-order valence-corrected chi connectivity index (χ3v) is 3.15. The molecule has 0 saturated heterocycles. The normalized spacial score (nSPS) is 13.1. The number of hydrogen-bond donors (Lipinski definition) is 1. The molecule has 90 valence electrons. The Labute approximate surface area is 97.9 Å². The second kappa shape index (κ2) is 6.00. The van der Waals surface area contributed by atoms with E-state index in [0.717, 1.165) is 24.8 Å². The summed E-state index contributed by atoms with van der Waals surface area (Å²) in [6.45, 7) is 6.30. The van der Waals surface area contributed by atoms with E-state index in [-0.39, 0.29) is 11.9 Å². The van der Waals surface area contributed by atoms with Crippen molar-refractivity contribution in [3.05, 3.63) is 35.1 Å². The van der Waals surface area contributed by atoms with Crippen LogP contribution in [0, 0.1) is 18.7 Å². The minimum Gasteiger partial charge on any atom is -0.327 e. The molecule has 0 aliphatic heterocycles. The highest BCUT2D eigenvalue weighted by molar-refractivity contribution is 5.26. The largest absolute Gasteiger partial charge is 0.327 e. The van der Waals surface area contributed by atoms with Gasteiger partial charge in [0.2, 0.25) is 0 Å². The number of nitrogens with two attached hydrogens (primary N) is 1. The summed E-state index contributed by atoms with van der Waals surface area (Å²) >= 11 is 0. The van der Waals surface area contributed by atoms with Crippen molar-refractivity contribution in [3.8, 4) is 0 Å². The molecule has 0 aromatic heterocycles. The first-order valence-electron chi connectivity index (χ1n) is 6.01. The van der Waals surface area contributed by atoms with Gasteiger partial charge >= 0.3 is 0 Å². The van der Waals surface area contributed by atoms with E-state index in [1.54, 1.807) is 6.07 Å². The average Bonchev–Trinajstić information content (AvgIpc) is 2.22. The molecule has 1 nitrogen and oxygen atoms in total. The predicted molar refractivity (Wildman–Crippen MR) is 66.9 cm³/mol. The lowest BCUT2D eigenvalue weighted by atomic mass is 9.96. The van der Waals surface area contributed by atoms with Gasteiger partial charge in [-0.15, -0.1) is 0 Å². The summed E-state index contributed by atoms with van der Waals surface area (Å²) in [7, 11) is 0. The lowest BCUT2D eigenvalue weighted by Crippen LogP contribution is -2.26. The van der Waals surface area contributed by atoms with Crippen LogP contribution in [0.4, 0.5) is 4.39 Å². The van der Waals surface area contributed by atoms with Crippen molar-refractivity contribution in [1.82, 2.24) is 0 Å². The van der Waals surface area contributed by atoms with E-state index in [9.17, 15) is 4.39 Å². The molecular weight excluding hydrogens is 201 g/mol. The molecule has 1 aromatic rings. The molecule has 0 fully saturated rings. The Morgan fingerprint density at radius 1 is 1.31 bits per heavy atom. The molecule has 0 aliphatic rings. The summed E-state index contributed by atoms with van der Waals surface area (Å²) < 4.78 is 13.0. The SMILES string of the molecule is Cc1ccc(F)cc1CCCC(N)C(C)C. The third-order valence-electron chi connectivity index (χ3n) is 3.15. The zero-order valence-corrected chi connectivity index (χ0v) is 10.5. The van der Waals surface area contributed by atoms with Crippen molar-refractivity contribution < 1.29 is 4.39 Å². The van der Waals surface area contributed by atoms with Crippen molar-refractivity contribution in [2.45, 2.75) is 46.1 Å². The van der Waals surface area contributed by atoms with Gasteiger partial charge in [-0.1, -0.05) is 19.9 Å². The van der Waals surface area contributed by atoms with Crippen molar-refractivity contribution in [1.29, 1.82) is 0 Å². The average molecular weight is 223 g/mol. The summed E-state index contributed by atoms with van der Waals surface area (Å²) in [6.07, 6.45) is 2.96. The first-order chi connectivity index (χ1) is 7.50. The maximum absolute atomic E-state index is 13.0. The number of rotatable bonds is 5. The van der Waals surface area contributed by atoms with E-state index in [0.29, 0.717) is 5.92 Å². The van der Waals surface area contributed by atoms with Gasteiger partial charge in [0.05, 0.1) is 0 Å². The lowest BCUT2D eigenvalue weighted by molar-refractivity contribution is 0.452. The molecule has 1 aromatic carbocycles. The molecule has 0 amide bonds. The van der Waals surface area contributed by atoms with Gasteiger partial charge in [-0.25, -0.2) is 4.39 Å². The van der Waals surface area contributed by atoms with Crippen LogP contribution in [0.5, 0.6) is 0 Å². The van der Waals surface area contributed by atoms with Crippen molar-refractivity contribution in [2.75, 3.05) is 0 Å². The fourth-order valence-corrected chi connectivity index (χ4v) is 1.77. The van der Waals surface area contributed by atoms with Gasteiger partial charge in [0.25, 0.3) is 0 Å². The van der Waals surface area contributed by atoms with Gasteiger partial charge in [-0.05, 0) is 55.4 Å². The van der Waals surface area contributed by atoms with Crippen LogP contribution in [0.1, 0.15) is 37.8 Å². The zero-order chi connectivity index (χ0) is 12.1. The van der Waals surface area contributed by atoms with Gasteiger partial charge < -0.3 is 5.73 Å². The molecular formula is C14H22FN. The molecule has 1 unspecified atom stereocenters. The van der Waals surface area contributed by atoms with E-state index >= 15 is 0 Å². The molecule has 1 atom stereocenters. The number of aryl methyl sites for hydroxylation is 2. The van der Waals surface area contributed by atoms with E-state index in [1.807, 2.05) is 13.0 Å². The van der Waals surface area contributed by atoms with E-state index in [2.05, 4.69) is 13.8 Å². The van der Waals surface area contributed by atoms with Crippen LogP contribution in [0.2, 0.25) is 0 Å². The van der Waals surface area contributed by atoms with Crippen LogP contribution < -0.4 is 5.73 Å². The first kappa shape index (κ1) is 13.2. The molecule has 0 aliphatic carbocycles. The Balaban J connectivity index is 2.45. The highest BCUT2D eigenvalue weighted by Crippen LogP contribution is 2.15. The minimum absolute atomic E-state index is 0.145. The second-order valence-corrected chi connectivity index (χ2v) is 4.87. The van der Waals surface area contributed by atoms with Gasteiger partial charge in [0.1, 0.15) is 5.82 Å². The standard InChI is InChI=1S/C14H22FN/c1-10(2)14(16)6-4-5-12-9-13(15)8-7-11(12)3/h7-10,14H,4-6,16H2,1-3H3. The van der Waals surface area contributed by atoms with E-state index < -0.39 is 0 Å². The first-order valence-corrected chi connectivity index (χ1v) is 6.01. The molecule has 0 radical (unpaired) electrons. The van der Waals surface area contributed by atoms with Gasteiger partial charge in [-0.2, -0.15) is 0 Å². The van der Waals surface area contributed by atoms with Crippen LogP contribution in [0.15, 0.2) is 18.2 Å². The fourth-order valence-electron chi connectivity index (χ4n) is 1.77. The maximum atomic E-state index is 13.0. The zero-order valence-electron chi connectivity index (χ0n) is 10.5.